The van der Waals surface area contributed by atoms with Gasteiger partial charge in [-0.25, -0.2) is 0 Å². The monoisotopic (exact) mass is 1450 g/mol. The maximum absolute atomic E-state index is 5.09. The van der Waals surface area contributed by atoms with Gasteiger partial charge in [0.1, 0.15) is 0 Å². The Bertz CT molecular complexity index is 6180. The number of piperidine rings is 2. The minimum atomic E-state index is -0.256. The van der Waals surface area contributed by atoms with Gasteiger partial charge in [-0.3, -0.25) is 0 Å². The van der Waals surface area contributed by atoms with E-state index in [1.807, 2.05) is 0 Å². The zero-order valence-corrected chi connectivity index (χ0v) is 63.2. The predicted molar refractivity (Wildman–Crippen MR) is 480 cm³/mol. The van der Waals surface area contributed by atoms with Crippen molar-refractivity contribution in [3.63, 3.8) is 0 Å². The van der Waals surface area contributed by atoms with E-state index in [0.717, 1.165) is 119 Å². The Hall–Kier alpha value is -13.4. The summed E-state index contributed by atoms with van der Waals surface area (Å²) in [6.45, 7) is 6.68. The molecule has 8 aliphatic rings. The molecule has 4 fully saturated rings. The SMILES string of the molecule is C=C(/C=C\C=C/C)c1cccc(-c2ccccc2)c1N1c2cc3c(cc2B2c4ccccc4N(c4c(-c5ccccc5)cccc4-c4ccccc4)c4cc(N5C6CC7CC(C6)CC5C7)cc1c42)B1c2ccccc2N(c2c(-c4ccccc4)cccc2-c2ccccc2)c2cc(-c4ccccc4)cc(c21)N3c1ccccc1. The van der Waals surface area contributed by atoms with E-state index in [4.69, 9.17) is 6.58 Å². The summed E-state index contributed by atoms with van der Waals surface area (Å²) < 4.78 is 0. The lowest BCUT2D eigenvalue weighted by atomic mass is 9.30. The first kappa shape index (κ1) is 66.6. The molecule has 536 valence electrons. The Balaban J connectivity index is 0.893. The van der Waals surface area contributed by atoms with Gasteiger partial charge in [0.2, 0.25) is 0 Å². The second-order valence-electron chi connectivity index (χ2n) is 31.8. The number of benzene rings is 15. The normalized spacial score (nSPS) is 17.1. The van der Waals surface area contributed by atoms with E-state index in [9.17, 15) is 0 Å². The fourth-order valence-corrected chi connectivity index (χ4v) is 21.1. The molecular weight excluding hydrogens is 1360 g/mol. The summed E-state index contributed by atoms with van der Waals surface area (Å²) in [5.41, 5.74) is 38.4. The maximum atomic E-state index is 5.09. The van der Waals surface area contributed by atoms with E-state index in [1.54, 1.807) is 0 Å². The number of rotatable bonds is 14. The lowest BCUT2D eigenvalue weighted by Gasteiger charge is -2.58. The van der Waals surface area contributed by atoms with Gasteiger partial charge in [0.15, 0.2) is 0 Å². The summed E-state index contributed by atoms with van der Waals surface area (Å²) in [7, 11) is 0. The Morgan fingerprint density at radius 3 is 1.10 bits per heavy atom. The summed E-state index contributed by atoms with van der Waals surface area (Å²) in [5.74, 6) is 1.52. The number of anilines is 13. The molecule has 15 aromatic rings. The minimum absolute atomic E-state index is 0.242. The molecule has 6 heterocycles. The smallest absolute Gasteiger partial charge is 0.252 e. The molecule has 0 aromatic heterocycles. The number of para-hydroxylation sites is 6. The molecule has 0 amide bonds. The molecule has 2 aliphatic carbocycles. The Labute approximate surface area is 663 Å². The molecule has 0 N–H and O–H groups in total. The van der Waals surface area contributed by atoms with Crippen molar-refractivity contribution in [2.75, 3.05) is 24.5 Å². The van der Waals surface area contributed by atoms with Crippen LogP contribution in [0.2, 0.25) is 0 Å². The zero-order chi connectivity index (χ0) is 74.8. The molecule has 15 aromatic carbocycles. The average Bonchev–Trinajstić information content (AvgIpc) is 0.677. The molecule has 23 rings (SSSR count). The molecule has 0 unspecified atom stereocenters. The van der Waals surface area contributed by atoms with Gasteiger partial charge < -0.3 is 24.5 Å². The van der Waals surface area contributed by atoms with Crippen LogP contribution in [0.25, 0.3) is 72.3 Å². The fourth-order valence-electron chi connectivity index (χ4n) is 21.1. The summed E-state index contributed by atoms with van der Waals surface area (Å²) in [6.07, 6.45) is 14.9. The summed E-state index contributed by atoms with van der Waals surface area (Å²) in [4.78, 5) is 13.7. The highest BCUT2D eigenvalue weighted by atomic mass is 15.3. The van der Waals surface area contributed by atoms with Crippen molar-refractivity contribution in [3.05, 3.63) is 388 Å². The van der Waals surface area contributed by atoms with Gasteiger partial charge >= 0.3 is 0 Å². The number of hydrogen-bond donors (Lipinski definition) is 0. The molecule has 0 radical (unpaired) electrons. The topological polar surface area (TPSA) is 16.2 Å². The van der Waals surface area contributed by atoms with E-state index in [0.29, 0.717) is 12.1 Å². The molecule has 7 heteroatoms. The van der Waals surface area contributed by atoms with Crippen LogP contribution in [0.15, 0.2) is 383 Å². The maximum Gasteiger partial charge on any atom is 0.252 e. The molecule has 4 bridgehead atoms. The Morgan fingerprint density at radius 2 is 0.655 bits per heavy atom. The van der Waals surface area contributed by atoms with E-state index >= 15 is 0 Å². The molecule has 113 heavy (non-hydrogen) atoms. The van der Waals surface area contributed by atoms with Gasteiger partial charge in [0.25, 0.3) is 13.4 Å². The largest absolute Gasteiger partial charge is 0.365 e. The van der Waals surface area contributed by atoms with Crippen LogP contribution in [-0.4, -0.2) is 25.5 Å². The van der Waals surface area contributed by atoms with Crippen LogP contribution < -0.4 is 57.3 Å². The zero-order valence-electron chi connectivity index (χ0n) is 63.2. The van der Waals surface area contributed by atoms with Gasteiger partial charge in [-0.15, -0.1) is 0 Å². The summed E-state index contributed by atoms with van der Waals surface area (Å²) >= 11 is 0. The van der Waals surface area contributed by atoms with Crippen molar-refractivity contribution in [1.29, 1.82) is 0 Å². The van der Waals surface area contributed by atoms with Gasteiger partial charge in [0, 0.05) is 102 Å². The molecule has 2 saturated heterocycles. The Morgan fingerprint density at radius 1 is 0.292 bits per heavy atom. The van der Waals surface area contributed by atoms with Crippen molar-refractivity contribution in [3.8, 4) is 66.8 Å². The first-order chi connectivity index (χ1) is 56.0. The van der Waals surface area contributed by atoms with Gasteiger partial charge in [-0.05, 0) is 183 Å². The van der Waals surface area contributed by atoms with E-state index in [-0.39, 0.29) is 13.4 Å². The number of nitrogens with zero attached hydrogens (tertiary/aromatic N) is 5. The highest BCUT2D eigenvalue weighted by Gasteiger charge is 2.52. The van der Waals surface area contributed by atoms with Crippen molar-refractivity contribution >= 4 is 126 Å². The quantitative estimate of drug-likeness (QED) is 0.0794. The first-order valence-corrected chi connectivity index (χ1v) is 40.4. The lowest BCUT2D eigenvalue weighted by Crippen LogP contribution is -2.65. The molecule has 0 atom stereocenters. The van der Waals surface area contributed by atoms with Crippen LogP contribution in [0.1, 0.15) is 44.6 Å². The first-order valence-electron chi connectivity index (χ1n) is 40.4. The van der Waals surface area contributed by atoms with E-state index < -0.39 is 0 Å². The number of fused-ring (bicyclic) bond motifs is 8. The second kappa shape index (κ2) is 27.3. The summed E-state index contributed by atoms with van der Waals surface area (Å²) in [5, 5.41) is 0. The Kier molecular flexibility index (Phi) is 16.1. The van der Waals surface area contributed by atoms with Crippen LogP contribution in [0.4, 0.5) is 73.9 Å². The number of hydrogen-bond acceptors (Lipinski definition) is 5. The molecular formula is C106H81B2N5. The van der Waals surface area contributed by atoms with Gasteiger partial charge in [0.05, 0.1) is 17.1 Å². The minimum Gasteiger partial charge on any atom is -0.365 e. The standard InChI is InChI=1S/C106H81B2N5/c1-3-4-12-34-70(2)84-49-31-50-85(74-37-15-6-16-38-74)104(84)113-97-69-96-92(107-90-55-27-29-57-94(90)111(105-86(75-39-17-7-18-40-75)51-32-52-87(105)76-41-19-8-20-42-76)99-65-79(73-35-13-5-14-36-73)64-98(102(99)107)110(96)80-47-25-11-26-48-80)68-93(97)108-91-56-28-30-58-95(91)112(106-88(77-43-21-9-22-44-77)53-33-54-89(106)78-45-23-10-24-46-78)100-66-83(67-101(113)103(100)108)109-81-60-71-59-72(62-81)63-82(109)61-71/h3-58,64-69,71-72,81-82H,2,59-63H2,1H3/b4-3-,34-12-. The van der Waals surface area contributed by atoms with Gasteiger partial charge in [-0.1, -0.05) is 328 Å². The molecule has 5 nitrogen and oxygen atoms in total. The highest BCUT2D eigenvalue weighted by Crippen LogP contribution is 2.58. The third kappa shape index (κ3) is 10.8. The number of allylic oxidation sites excluding steroid dienone is 5. The predicted octanol–water partition coefficient (Wildman–Crippen LogP) is 23.8. The van der Waals surface area contributed by atoms with Crippen molar-refractivity contribution in [1.82, 2.24) is 0 Å². The van der Waals surface area contributed by atoms with Gasteiger partial charge in [-0.2, -0.15) is 0 Å². The third-order valence-corrected chi connectivity index (χ3v) is 25.5. The van der Waals surface area contributed by atoms with Crippen LogP contribution in [-0.2, 0) is 0 Å². The molecule has 6 aliphatic heterocycles. The van der Waals surface area contributed by atoms with Crippen LogP contribution in [0.5, 0.6) is 0 Å². The highest BCUT2D eigenvalue weighted by molar-refractivity contribution is 7.03. The second-order valence-corrected chi connectivity index (χ2v) is 31.8. The third-order valence-electron chi connectivity index (χ3n) is 25.5. The van der Waals surface area contributed by atoms with Crippen LogP contribution in [0, 0.1) is 11.8 Å². The van der Waals surface area contributed by atoms with E-state index in [2.05, 4.69) is 408 Å². The fraction of sp³-hybridized carbons (Fsp3) is 0.0943. The van der Waals surface area contributed by atoms with Crippen molar-refractivity contribution in [2.24, 2.45) is 11.8 Å². The van der Waals surface area contributed by atoms with Crippen molar-refractivity contribution in [2.45, 2.75) is 51.1 Å². The lowest BCUT2D eigenvalue weighted by molar-refractivity contribution is 0.0900. The van der Waals surface area contributed by atoms with Crippen molar-refractivity contribution < 1.29 is 0 Å². The molecule has 0 spiro atoms. The summed E-state index contributed by atoms with van der Waals surface area (Å²) in [6, 6.07) is 134. The molecule has 2 saturated carbocycles. The van der Waals surface area contributed by atoms with E-state index in [1.165, 1.54) is 110 Å². The van der Waals surface area contributed by atoms with Crippen LogP contribution >= 0.6 is 0 Å². The average molecular weight is 1450 g/mol. The van der Waals surface area contributed by atoms with Crippen LogP contribution in [0.3, 0.4) is 0 Å².